The minimum Gasteiger partial charge on any atom is -0.207 e. The lowest BCUT2D eigenvalue weighted by molar-refractivity contribution is 0.628. The number of aryl methyl sites for hydroxylation is 1. The van der Waals surface area contributed by atoms with Crippen molar-refractivity contribution in [3.05, 3.63) is 57.3 Å². The zero-order valence-corrected chi connectivity index (χ0v) is 11.2. The highest BCUT2D eigenvalue weighted by molar-refractivity contribution is 6.32. The van der Waals surface area contributed by atoms with Gasteiger partial charge in [0.15, 0.2) is 0 Å². The average Bonchev–Trinajstić information content (AvgIpc) is 2.76. The van der Waals surface area contributed by atoms with Crippen LogP contribution in [0.2, 0.25) is 10.0 Å². The molecule has 0 nitrogen and oxygen atoms in total. The van der Waals surface area contributed by atoms with Crippen molar-refractivity contribution in [2.75, 3.05) is 0 Å². The molecule has 92 valence electrons. The average molecular weight is 281 g/mol. The van der Waals surface area contributed by atoms with Crippen LogP contribution in [0.25, 0.3) is 11.1 Å². The van der Waals surface area contributed by atoms with Gasteiger partial charge < -0.3 is 0 Å². The van der Waals surface area contributed by atoms with E-state index < -0.39 is 0 Å². The van der Waals surface area contributed by atoms with Gasteiger partial charge in [-0.2, -0.15) is 0 Å². The Hall–Kier alpha value is -1.05. The third kappa shape index (κ3) is 2.13. The zero-order chi connectivity index (χ0) is 12.7. The van der Waals surface area contributed by atoms with E-state index in [1.807, 2.05) is 6.07 Å². The second-order valence-corrected chi connectivity index (χ2v) is 5.45. The molecule has 2 aromatic rings. The van der Waals surface area contributed by atoms with Crippen molar-refractivity contribution in [3.63, 3.8) is 0 Å². The largest absolute Gasteiger partial charge is 0.207 e. The fraction of sp³-hybridized carbons (Fsp3) is 0.200. The molecule has 0 heterocycles. The Balaban J connectivity index is 2.15. The monoisotopic (exact) mass is 280 g/mol. The number of hydrogen-bond donors (Lipinski definition) is 0. The summed E-state index contributed by atoms with van der Waals surface area (Å²) in [7, 11) is 0. The molecule has 0 N–H and O–H groups in total. The molecular formula is C15H11Cl2F. The molecule has 0 aliphatic heterocycles. The summed E-state index contributed by atoms with van der Waals surface area (Å²) >= 11 is 12.2. The molecule has 0 saturated carbocycles. The van der Waals surface area contributed by atoms with E-state index in [0.29, 0.717) is 5.02 Å². The van der Waals surface area contributed by atoms with Crippen molar-refractivity contribution >= 4 is 23.2 Å². The lowest BCUT2D eigenvalue weighted by Gasteiger charge is -2.08. The summed E-state index contributed by atoms with van der Waals surface area (Å²) in [6, 6.07) is 8.55. The Morgan fingerprint density at radius 2 is 1.67 bits per heavy atom. The molecular weight excluding hydrogens is 270 g/mol. The van der Waals surface area contributed by atoms with Gasteiger partial charge in [-0.1, -0.05) is 29.3 Å². The van der Waals surface area contributed by atoms with E-state index in [9.17, 15) is 4.39 Å². The maximum Gasteiger partial charge on any atom is 0.125 e. The van der Waals surface area contributed by atoms with Gasteiger partial charge in [-0.15, -0.1) is 0 Å². The summed E-state index contributed by atoms with van der Waals surface area (Å²) < 4.78 is 13.4. The van der Waals surface area contributed by atoms with Crippen LogP contribution in [0.5, 0.6) is 0 Å². The molecule has 1 aliphatic carbocycles. The zero-order valence-electron chi connectivity index (χ0n) is 9.64. The second kappa shape index (κ2) is 4.56. The molecule has 0 amide bonds. The third-order valence-electron chi connectivity index (χ3n) is 3.36. The van der Waals surface area contributed by atoms with Crippen LogP contribution in [0.15, 0.2) is 30.3 Å². The Kier molecular flexibility index (Phi) is 3.04. The first-order chi connectivity index (χ1) is 8.63. The summed E-state index contributed by atoms with van der Waals surface area (Å²) in [4.78, 5) is 0. The number of halogens is 3. The topological polar surface area (TPSA) is 0 Å². The quantitative estimate of drug-likeness (QED) is 0.666. The molecule has 3 rings (SSSR count). The van der Waals surface area contributed by atoms with Crippen molar-refractivity contribution in [2.24, 2.45) is 0 Å². The van der Waals surface area contributed by atoms with Gasteiger partial charge >= 0.3 is 0 Å². The van der Waals surface area contributed by atoms with E-state index in [1.165, 1.54) is 23.3 Å². The minimum absolute atomic E-state index is 0.325. The molecule has 3 heteroatoms. The smallest absolute Gasteiger partial charge is 0.125 e. The fourth-order valence-electron chi connectivity index (χ4n) is 2.54. The fourth-order valence-corrected chi connectivity index (χ4v) is 3.09. The Bertz CT molecular complexity index is 600. The van der Waals surface area contributed by atoms with E-state index >= 15 is 0 Å². The lowest BCUT2D eigenvalue weighted by Crippen LogP contribution is -1.88. The summed E-state index contributed by atoms with van der Waals surface area (Å²) in [6.45, 7) is 0. The SMILES string of the molecule is Fc1cc(Cl)cc(-c2cc(Cl)c3c(c2)CCC3)c1. The first-order valence-electron chi connectivity index (χ1n) is 5.91. The van der Waals surface area contributed by atoms with Crippen LogP contribution in [0, 0.1) is 5.82 Å². The predicted molar refractivity (Wildman–Crippen MR) is 73.9 cm³/mol. The van der Waals surface area contributed by atoms with Gasteiger partial charge in [0.1, 0.15) is 5.82 Å². The molecule has 2 aromatic carbocycles. The van der Waals surface area contributed by atoms with E-state index in [-0.39, 0.29) is 5.82 Å². The molecule has 0 saturated heterocycles. The first-order valence-corrected chi connectivity index (χ1v) is 6.67. The standard InChI is InChI=1S/C15H11Cl2F/c16-12-5-11(6-13(18)8-12)10-4-9-2-1-3-14(9)15(17)7-10/h4-8H,1-3H2. The van der Waals surface area contributed by atoms with Crippen LogP contribution in [0.4, 0.5) is 4.39 Å². The van der Waals surface area contributed by atoms with E-state index in [2.05, 4.69) is 6.07 Å². The predicted octanol–water partition coefficient (Wildman–Crippen LogP) is 5.29. The van der Waals surface area contributed by atoms with Crippen LogP contribution < -0.4 is 0 Å². The van der Waals surface area contributed by atoms with Gasteiger partial charge in [-0.25, -0.2) is 4.39 Å². The summed E-state index contributed by atoms with van der Waals surface area (Å²) in [5, 5.41) is 1.18. The molecule has 0 radical (unpaired) electrons. The number of benzene rings is 2. The molecule has 18 heavy (non-hydrogen) atoms. The van der Waals surface area contributed by atoms with Gasteiger partial charge in [-0.05, 0) is 65.8 Å². The lowest BCUT2D eigenvalue weighted by atomic mass is 10.0. The van der Waals surface area contributed by atoms with Crippen LogP contribution in [0.1, 0.15) is 17.5 Å². The number of rotatable bonds is 1. The van der Waals surface area contributed by atoms with Gasteiger partial charge in [0.25, 0.3) is 0 Å². The van der Waals surface area contributed by atoms with Crippen LogP contribution in [-0.4, -0.2) is 0 Å². The Labute approximate surface area is 115 Å². The molecule has 0 atom stereocenters. The van der Waals surface area contributed by atoms with Crippen molar-refractivity contribution in [1.29, 1.82) is 0 Å². The highest BCUT2D eigenvalue weighted by atomic mass is 35.5. The first kappa shape index (κ1) is 12.0. The third-order valence-corrected chi connectivity index (χ3v) is 3.91. The number of hydrogen-bond acceptors (Lipinski definition) is 0. The molecule has 0 fully saturated rings. The van der Waals surface area contributed by atoms with Crippen molar-refractivity contribution in [2.45, 2.75) is 19.3 Å². The van der Waals surface area contributed by atoms with E-state index in [0.717, 1.165) is 35.4 Å². The maximum atomic E-state index is 13.4. The van der Waals surface area contributed by atoms with Crippen molar-refractivity contribution in [3.8, 4) is 11.1 Å². The minimum atomic E-state index is -0.325. The molecule has 0 aromatic heterocycles. The molecule has 0 spiro atoms. The highest BCUT2D eigenvalue weighted by Crippen LogP contribution is 2.34. The van der Waals surface area contributed by atoms with Gasteiger partial charge in [-0.3, -0.25) is 0 Å². The van der Waals surface area contributed by atoms with Crippen molar-refractivity contribution < 1.29 is 4.39 Å². The Morgan fingerprint density at radius 1 is 0.889 bits per heavy atom. The summed E-state index contributed by atoms with van der Waals surface area (Å²) in [5.41, 5.74) is 4.22. The summed E-state index contributed by atoms with van der Waals surface area (Å²) in [6.07, 6.45) is 3.23. The van der Waals surface area contributed by atoms with E-state index in [4.69, 9.17) is 23.2 Å². The van der Waals surface area contributed by atoms with Gasteiger partial charge in [0.2, 0.25) is 0 Å². The molecule has 0 bridgehead atoms. The molecule has 1 aliphatic rings. The van der Waals surface area contributed by atoms with Crippen LogP contribution in [0.3, 0.4) is 0 Å². The number of fused-ring (bicyclic) bond motifs is 1. The maximum absolute atomic E-state index is 13.4. The van der Waals surface area contributed by atoms with Crippen molar-refractivity contribution in [1.82, 2.24) is 0 Å². The second-order valence-electron chi connectivity index (χ2n) is 4.61. The van der Waals surface area contributed by atoms with Gasteiger partial charge in [0.05, 0.1) is 0 Å². The summed E-state index contributed by atoms with van der Waals surface area (Å²) in [5.74, 6) is -0.325. The Morgan fingerprint density at radius 3 is 2.44 bits per heavy atom. The van der Waals surface area contributed by atoms with Gasteiger partial charge in [0, 0.05) is 10.0 Å². The highest BCUT2D eigenvalue weighted by Gasteiger charge is 2.16. The molecule has 0 unspecified atom stereocenters. The van der Waals surface area contributed by atoms with Crippen LogP contribution in [-0.2, 0) is 12.8 Å². The van der Waals surface area contributed by atoms with E-state index in [1.54, 1.807) is 6.07 Å². The normalized spacial score (nSPS) is 13.7. The van der Waals surface area contributed by atoms with Crippen LogP contribution >= 0.6 is 23.2 Å².